The minimum absolute atomic E-state index is 0.0750. The number of nitrogens with zero attached hydrogens (tertiary/aromatic N) is 1. The van der Waals surface area contributed by atoms with Gasteiger partial charge in [0.05, 0.1) is 5.75 Å². The van der Waals surface area contributed by atoms with Gasteiger partial charge in [-0.2, -0.15) is 0 Å². The second-order valence-corrected chi connectivity index (χ2v) is 5.22. The minimum Gasteiger partial charge on any atom is -0.383 e. The summed E-state index contributed by atoms with van der Waals surface area (Å²) >= 11 is 0. The van der Waals surface area contributed by atoms with E-state index >= 15 is 0 Å². The van der Waals surface area contributed by atoms with Crippen molar-refractivity contribution in [1.29, 1.82) is 0 Å². The maximum atomic E-state index is 11.4. The lowest BCUT2D eigenvalue weighted by atomic mass is 10.0. The van der Waals surface area contributed by atoms with E-state index in [0.29, 0.717) is 5.56 Å². The molecule has 84 valence electrons. The largest absolute Gasteiger partial charge is 0.383 e. The number of amidine groups is 1. The zero-order valence-electron chi connectivity index (χ0n) is 8.84. The van der Waals surface area contributed by atoms with Crippen LogP contribution in [-0.4, -0.2) is 14.3 Å². The highest BCUT2D eigenvalue weighted by Crippen LogP contribution is 2.23. The molecule has 0 atom stereocenters. The standard InChI is InChI=1S/C11H12N2O2S/c1-2-4-8-5-3-6-9-7-16(14,15)13-11(12)10(8)9/h2-6H,7H2,1H3,(H2,12,13)/b4-2-. The van der Waals surface area contributed by atoms with Gasteiger partial charge in [-0.25, -0.2) is 8.42 Å². The lowest BCUT2D eigenvalue weighted by Crippen LogP contribution is -2.24. The molecule has 0 unspecified atom stereocenters. The number of hydrogen-bond acceptors (Lipinski definition) is 3. The van der Waals surface area contributed by atoms with Gasteiger partial charge in [0.15, 0.2) is 0 Å². The highest BCUT2D eigenvalue weighted by atomic mass is 32.2. The van der Waals surface area contributed by atoms with Crippen molar-refractivity contribution in [2.45, 2.75) is 12.7 Å². The van der Waals surface area contributed by atoms with E-state index in [9.17, 15) is 8.42 Å². The van der Waals surface area contributed by atoms with Crippen LogP contribution in [0.3, 0.4) is 0 Å². The van der Waals surface area contributed by atoms with Crippen molar-refractivity contribution in [3.05, 3.63) is 41.0 Å². The van der Waals surface area contributed by atoms with Crippen LogP contribution in [0.1, 0.15) is 23.6 Å². The van der Waals surface area contributed by atoms with Crippen molar-refractivity contribution < 1.29 is 8.42 Å². The third kappa shape index (κ3) is 1.86. The van der Waals surface area contributed by atoms with Gasteiger partial charge in [-0.15, -0.1) is 4.40 Å². The maximum Gasteiger partial charge on any atom is 0.259 e. The molecule has 4 nitrogen and oxygen atoms in total. The Balaban J connectivity index is 2.70. The first kappa shape index (κ1) is 10.9. The van der Waals surface area contributed by atoms with E-state index in [1.807, 2.05) is 31.2 Å². The van der Waals surface area contributed by atoms with Crippen molar-refractivity contribution >= 4 is 21.9 Å². The molecule has 0 amide bonds. The maximum absolute atomic E-state index is 11.4. The highest BCUT2D eigenvalue weighted by Gasteiger charge is 2.23. The average Bonchev–Trinajstić information content (AvgIpc) is 2.15. The van der Waals surface area contributed by atoms with Gasteiger partial charge >= 0.3 is 0 Å². The van der Waals surface area contributed by atoms with Crippen LogP contribution in [0, 0.1) is 0 Å². The number of hydrogen-bond donors (Lipinski definition) is 1. The molecule has 0 bridgehead atoms. The summed E-state index contributed by atoms with van der Waals surface area (Å²) in [5, 5.41) is 0. The minimum atomic E-state index is -3.44. The van der Waals surface area contributed by atoms with Crippen LogP contribution in [0.5, 0.6) is 0 Å². The third-order valence-electron chi connectivity index (χ3n) is 2.36. The zero-order chi connectivity index (χ0) is 11.8. The van der Waals surface area contributed by atoms with Gasteiger partial charge in [0.25, 0.3) is 10.0 Å². The van der Waals surface area contributed by atoms with Crippen LogP contribution in [0.15, 0.2) is 28.7 Å². The summed E-state index contributed by atoms with van der Waals surface area (Å²) in [5.41, 5.74) is 8.03. The second-order valence-electron chi connectivity index (χ2n) is 3.58. The topological polar surface area (TPSA) is 72.5 Å². The van der Waals surface area contributed by atoms with Crippen molar-refractivity contribution in [1.82, 2.24) is 0 Å². The van der Waals surface area contributed by atoms with Crippen LogP contribution in [0.4, 0.5) is 0 Å². The van der Waals surface area contributed by atoms with E-state index in [0.717, 1.165) is 11.1 Å². The molecular weight excluding hydrogens is 224 g/mol. The molecular formula is C11H12N2O2S. The van der Waals surface area contributed by atoms with Crippen molar-refractivity contribution in [2.75, 3.05) is 0 Å². The third-order valence-corrected chi connectivity index (χ3v) is 3.51. The molecule has 0 aromatic heterocycles. The van der Waals surface area contributed by atoms with Gasteiger partial charge in [-0.05, 0) is 18.1 Å². The Hall–Kier alpha value is -1.62. The lowest BCUT2D eigenvalue weighted by molar-refractivity contribution is 0.596. The SMILES string of the molecule is C/C=C\c1cccc2c1C(N)=NS(=O)(=O)C2. The smallest absolute Gasteiger partial charge is 0.259 e. The lowest BCUT2D eigenvalue weighted by Gasteiger charge is -2.16. The molecule has 0 spiro atoms. The zero-order valence-corrected chi connectivity index (χ0v) is 9.66. The summed E-state index contributed by atoms with van der Waals surface area (Å²) in [6, 6.07) is 5.48. The molecule has 0 radical (unpaired) electrons. The summed E-state index contributed by atoms with van der Waals surface area (Å²) in [6.07, 6.45) is 3.77. The average molecular weight is 236 g/mol. The number of rotatable bonds is 1. The van der Waals surface area contributed by atoms with E-state index in [1.54, 1.807) is 6.07 Å². The summed E-state index contributed by atoms with van der Waals surface area (Å²) in [4.78, 5) is 0. The van der Waals surface area contributed by atoms with Gasteiger partial charge in [-0.3, -0.25) is 0 Å². The van der Waals surface area contributed by atoms with Crippen LogP contribution >= 0.6 is 0 Å². The van der Waals surface area contributed by atoms with Crippen LogP contribution in [0.2, 0.25) is 0 Å². The number of sulfonamides is 1. The molecule has 5 heteroatoms. The van der Waals surface area contributed by atoms with E-state index in [-0.39, 0.29) is 11.6 Å². The van der Waals surface area contributed by atoms with Gasteiger partial charge in [-0.1, -0.05) is 30.4 Å². The first-order valence-electron chi connectivity index (χ1n) is 4.86. The molecule has 0 aliphatic carbocycles. The molecule has 1 aromatic carbocycles. The van der Waals surface area contributed by atoms with Crippen LogP contribution in [0.25, 0.3) is 6.08 Å². The first-order valence-corrected chi connectivity index (χ1v) is 6.47. The molecule has 1 aromatic rings. The Morgan fingerprint density at radius 1 is 1.44 bits per heavy atom. The molecule has 1 aliphatic rings. The Morgan fingerprint density at radius 2 is 2.19 bits per heavy atom. The number of benzene rings is 1. The number of nitrogens with two attached hydrogens (primary N) is 1. The van der Waals surface area contributed by atoms with Crippen LogP contribution < -0.4 is 5.73 Å². The summed E-state index contributed by atoms with van der Waals surface area (Å²) in [6.45, 7) is 1.90. The summed E-state index contributed by atoms with van der Waals surface area (Å²) in [5.74, 6) is 0.00368. The van der Waals surface area contributed by atoms with Gasteiger partial charge < -0.3 is 5.73 Å². The number of fused-ring (bicyclic) bond motifs is 1. The van der Waals surface area contributed by atoms with Gasteiger partial charge in [0.2, 0.25) is 0 Å². The van der Waals surface area contributed by atoms with E-state index in [2.05, 4.69) is 4.40 Å². The Labute approximate surface area is 94.6 Å². The Kier molecular flexibility index (Phi) is 2.55. The van der Waals surface area contributed by atoms with E-state index < -0.39 is 10.0 Å². The summed E-state index contributed by atoms with van der Waals surface area (Å²) in [7, 11) is -3.44. The quantitative estimate of drug-likeness (QED) is 0.798. The van der Waals surface area contributed by atoms with Gasteiger partial charge in [0, 0.05) is 5.56 Å². The predicted octanol–water partition coefficient (Wildman–Crippen LogP) is 1.27. The fourth-order valence-corrected chi connectivity index (χ4v) is 2.88. The van der Waals surface area contributed by atoms with Crippen LogP contribution in [-0.2, 0) is 15.8 Å². The molecule has 0 saturated carbocycles. The molecule has 1 heterocycles. The highest BCUT2D eigenvalue weighted by molar-refractivity contribution is 7.89. The Bertz CT molecular complexity index is 586. The van der Waals surface area contributed by atoms with E-state index in [4.69, 9.17) is 5.73 Å². The van der Waals surface area contributed by atoms with Crippen molar-refractivity contribution in [3.8, 4) is 0 Å². The monoisotopic (exact) mass is 236 g/mol. The Morgan fingerprint density at radius 3 is 2.88 bits per heavy atom. The predicted molar refractivity (Wildman–Crippen MR) is 64.5 cm³/mol. The molecule has 2 rings (SSSR count). The molecule has 0 saturated heterocycles. The molecule has 2 N–H and O–H groups in total. The second kappa shape index (κ2) is 3.75. The van der Waals surface area contributed by atoms with Gasteiger partial charge in [0.1, 0.15) is 5.84 Å². The number of allylic oxidation sites excluding steroid dienone is 1. The molecule has 0 fully saturated rings. The molecule has 16 heavy (non-hydrogen) atoms. The summed E-state index contributed by atoms with van der Waals surface area (Å²) < 4.78 is 26.3. The fraction of sp³-hybridized carbons (Fsp3) is 0.182. The first-order chi connectivity index (χ1) is 7.53. The van der Waals surface area contributed by atoms with E-state index in [1.165, 1.54) is 0 Å². The van der Waals surface area contributed by atoms with Crippen molar-refractivity contribution in [3.63, 3.8) is 0 Å². The normalized spacial score (nSPS) is 18.2. The van der Waals surface area contributed by atoms with Crippen molar-refractivity contribution in [2.24, 2.45) is 10.1 Å². The fourth-order valence-electron chi connectivity index (χ4n) is 1.80. The molecule has 1 aliphatic heterocycles.